The number of hydrogen-bond donors (Lipinski definition) is 2. The van der Waals surface area contributed by atoms with Gasteiger partial charge in [0.25, 0.3) is 0 Å². The molecule has 0 aromatic carbocycles. The number of unbranched alkanes of at least 4 members (excludes halogenated alkanes) is 1. The molecule has 0 aliphatic carbocycles. The number of carbonyl (C=O) groups is 1. The van der Waals surface area contributed by atoms with Crippen LogP contribution in [0.4, 0.5) is 0 Å². The highest BCUT2D eigenvalue weighted by molar-refractivity contribution is 5.76. The van der Waals surface area contributed by atoms with Crippen molar-refractivity contribution in [3.63, 3.8) is 0 Å². The molecule has 0 saturated carbocycles. The maximum absolute atomic E-state index is 11.2. The quantitative estimate of drug-likeness (QED) is 0.699. The highest BCUT2D eigenvalue weighted by Gasteiger charge is 2.22. The van der Waals surface area contributed by atoms with Crippen LogP contribution in [0.5, 0.6) is 0 Å². The number of piperidine rings is 1. The minimum absolute atomic E-state index is 0.0867. The molecule has 0 spiro atoms. The van der Waals surface area contributed by atoms with Crippen LogP contribution in [0.3, 0.4) is 0 Å². The molecule has 0 atom stereocenters. The molecular weight excluding hydrogens is 304 g/mol. The van der Waals surface area contributed by atoms with Crippen molar-refractivity contribution in [2.24, 2.45) is 11.7 Å². The van der Waals surface area contributed by atoms with Crippen LogP contribution in [0, 0.1) is 5.92 Å². The SMILES string of the molecule is NC(=O)C1CCN(CCCCNCc2cnc3ccnn3c2)CC1. The van der Waals surface area contributed by atoms with Crippen LogP contribution in [-0.2, 0) is 11.3 Å². The molecular formula is C17H26N6O. The summed E-state index contributed by atoms with van der Waals surface area (Å²) in [6.45, 7) is 4.91. The van der Waals surface area contributed by atoms with E-state index in [4.69, 9.17) is 5.73 Å². The molecule has 1 aliphatic heterocycles. The summed E-state index contributed by atoms with van der Waals surface area (Å²) in [7, 11) is 0. The Balaban J connectivity index is 1.27. The minimum atomic E-state index is -0.137. The van der Waals surface area contributed by atoms with E-state index in [1.165, 1.54) is 6.42 Å². The number of nitrogens with zero attached hydrogens (tertiary/aromatic N) is 4. The highest BCUT2D eigenvalue weighted by atomic mass is 16.1. The summed E-state index contributed by atoms with van der Waals surface area (Å²) >= 11 is 0. The molecule has 2 aromatic heterocycles. The van der Waals surface area contributed by atoms with Crippen LogP contribution in [0.2, 0.25) is 0 Å². The van der Waals surface area contributed by atoms with Crippen LogP contribution in [-0.4, -0.2) is 51.6 Å². The van der Waals surface area contributed by atoms with Gasteiger partial charge in [-0.25, -0.2) is 9.50 Å². The first-order valence-electron chi connectivity index (χ1n) is 8.73. The summed E-state index contributed by atoms with van der Waals surface area (Å²) < 4.78 is 1.80. The van der Waals surface area contributed by atoms with Crippen molar-refractivity contribution in [3.05, 3.63) is 30.2 Å². The second-order valence-corrected chi connectivity index (χ2v) is 6.50. The first-order chi connectivity index (χ1) is 11.7. The molecule has 0 unspecified atom stereocenters. The Labute approximate surface area is 142 Å². The second-order valence-electron chi connectivity index (χ2n) is 6.50. The largest absolute Gasteiger partial charge is 0.369 e. The molecule has 7 nitrogen and oxygen atoms in total. The van der Waals surface area contributed by atoms with Crippen molar-refractivity contribution in [2.45, 2.75) is 32.2 Å². The van der Waals surface area contributed by atoms with Gasteiger partial charge in [-0.3, -0.25) is 4.79 Å². The molecule has 7 heteroatoms. The number of nitrogens with two attached hydrogens (primary N) is 1. The van der Waals surface area contributed by atoms with E-state index in [1.807, 2.05) is 18.5 Å². The molecule has 3 rings (SSSR count). The fourth-order valence-electron chi connectivity index (χ4n) is 3.20. The third-order valence-electron chi connectivity index (χ3n) is 4.70. The van der Waals surface area contributed by atoms with E-state index in [9.17, 15) is 4.79 Å². The predicted molar refractivity (Wildman–Crippen MR) is 92.3 cm³/mol. The zero-order valence-corrected chi connectivity index (χ0v) is 14.0. The topological polar surface area (TPSA) is 88.5 Å². The first-order valence-corrected chi connectivity index (χ1v) is 8.73. The summed E-state index contributed by atoms with van der Waals surface area (Å²) in [5, 5.41) is 7.65. The van der Waals surface area contributed by atoms with Gasteiger partial charge in [0.1, 0.15) is 0 Å². The fraction of sp³-hybridized carbons (Fsp3) is 0.588. The van der Waals surface area contributed by atoms with Crippen molar-refractivity contribution < 1.29 is 4.79 Å². The summed E-state index contributed by atoms with van der Waals surface area (Å²) in [5.74, 6) is -0.0507. The molecule has 24 heavy (non-hydrogen) atoms. The number of amides is 1. The first kappa shape index (κ1) is 16.9. The van der Waals surface area contributed by atoms with E-state index in [0.717, 1.165) is 63.2 Å². The Morgan fingerprint density at radius 1 is 1.33 bits per heavy atom. The number of fused-ring (bicyclic) bond motifs is 1. The number of carbonyl (C=O) groups excluding carboxylic acids is 1. The number of likely N-dealkylation sites (tertiary alicyclic amines) is 1. The van der Waals surface area contributed by atoms with E-state index < -0.39 is 0 Å². The Morgan fingerprint density at radius 2 is 2.17 bits per heavy atom. The lowest BCUT2D eigenvalue weighted by molar-refractivity contribution is -0.123. The molecule has 3 N–H and O–H groups in total. The van der Waals surface area contributed by atoms with E-state index in [-0.39, 0.29) is 11.8 Å². The summed E-state index contributed by atoms with van der Waals surface area (Å²) in [6, 6.07) is 1.89. The number of hydrogen-bond acceptors (Lipinski definition) is 5. The lowest BCUT2D eigenvalue weighted by Gasteiger charge is -2.30. The average Bonchev–Trinajstić information content (AvgIpc) is 3.06. The average molecular weight is 330 g/mol. The Bertz CT molecular complexity index is 662. The van der Waals surface area contributed by atoms with Crippen molar-refractivity contribution in [2.75, 3.05) is 26.2 Å². The van der Waals surface area contributed by atoms with Crippen molar-refractivity contribution >= 4 is 11.6 Å². The lowest BCUT2D eigenvalue weighted by Crippen LogP contribution is -2.39. The number of nitrogens with one attached hydrogen (secondary N) is 1. The molecule has 1 amide bonds. The van der Waals surface area contributed by atoms with Gasteiger partial charge in [-0.2, -0.15) is 5.10 Å². The zero-order chi connectivity index (χ0) is 16.8. The van der Waals surface area contributed by atoms with Crippen molar-refractivity contribution in [3.8, 4) is 0 Å². The van der Waals surface area contributed by atoms with Gasteiger partial charge in [-0.15, -0.1) is 0 Å². The Hall–Kier alpha value is -1.99. The molecule has 1 aliphatic rings. The third-order valence-corrected chi connectivity index (χ3v) is 4.70. The summed E-state index contributed by atoms with van der Waals surface area (Å²) in [6.07, 6.45) is 9.81. The van der Waals surface area contributed by atoms with Crippen LogP contribution >= 0.6 is 0 Å². The number of rotatable bonds is 8. The van der Waals surface area contributed by atoms with E-state index in [0.29, 0.717) is 0 Å². The Kier molecular flexibility index (Phi) is 5.77. The van der Waals surface area contributed by atoms with Gasteiger partial charge in [0.05, 0.1) is 6.20 Å². The van der Waals surface area contributed by atoms with Gasteiger partial charge < -0.3 is 16.0 Å². The third kappa shape index (κ3) is 4.52. The standard InChI is InChI=1S/C17H26N6O/c18-17(24)15-4-9-22(10-5-15)8-2-1-6-19-11-14-12-20-16-3-7-21-23(16)13-14/h3,7,12-13,15,19H,1-2,4-6,8-11H2,(H2,18,24). The molecule has 0 bridgehead atoms. The molecule has 2 aromatic rings. The highest BCUT2D eigenvalue weighted by Crippen LogP contribution is 2.16. The molecule has 0 radical (unpaired) electrons. The summed E-state index contributed by atoms with van der Waals surface area (Å²) in [4.78, 5) is 17.9. The molecule has 1 saturated heterocycles. The van der Waals surface area contributed by atoms with Crippen LogP contribution in [0.1, 0.15) is 31.2 Å². The van der Waals surface area contributed by atoms with Crippen LogP contribution in [0.25, 0.3) is 5.65 Å². The molecule has 1 fully saturated rings. The van der Waals surface area contributed by atoms with Crippen LogP contribution in [0.15, 0.2) is 24.7 Å². The molecule has 3 heterocycles. The van der Waals surface area contributed by atoms with Crippen molar-refractivity contribution in [1.29, 1.82) is 0 Å². The normalized spacial score (nSPS) is 16.7. The Morgan fingerprint density at radius 3 is 2.96 bits per heavy atom. The maximum atomic E-state index is 11.2. The lowest BCUT2D eigenvalue weighted by atomic mass is 9.96. The van der Waals surface area contributed by atoms with E-state index in [1.54, 1.807) is 10.7 Å². The zero-order valence-electron chi connectivity index (χ0n) is 14.0. The van der Waals surface area contributed by atoms with Gasteiger partial charge in [-0.1, -0.05) is 0 Å². The van der Waals surface area contributed by atoms with Gasteiger partial charge >= 0.3 is 0 Å². The van der Waals surface area contributed by atoms with Crippen molar-refractivity contribution in [1.82, 2.24) is 24.8 Å². The van der Waals surface area contributed by atoms with E-state index >= 15 is 0 Å². The summed E-state index contributed by atoms with van der Waals surface area (Å²) in [5.41, 5.74) is 7.38. The number of primary amides is 1. The van der Waals surface area contributed by atoms with Gasteiger partial charge in [0.15, 0.2) is 5.65 Å². The van der Waals surface area contributed by atoms with Gasteiger partial charge in [0.2, 0.25) is 5.91 Å². The van der Waals surface area contributed by atoms with E-state index in [2.05, 4.69) is 20.3 Å². The predicted octanol–water partition coefficient (Wildman–Crippen LogP) is 0.796. The van der Waals surface area contributed by atoms with Gasteiger partial charge in [0, 0.05) is 36.5 Å². The number of aromatic nitrogens is 3. The minimum Gasteiger partial charge on any atom is -0.369 e. The van der Waals surface area contributed by atoms with Crippen LogP contribution < -0.4 is 11.1 Å². The monoisotopic (exact) mass is 330 g/mol. The fourth-order valence-corrected chi connectivity index (χ4v) is 3.20. The second kappa shape index (κ2) is 8.21. The van der Waals surface area contributed by atoms with Gasteiger partial charge in [-0.05, 0) is 51.9 Å². The molecule has 130 valence electrons. The maximum Gasteiger partial charge on any atom is 0.220 e. The smallest absolute Gasteiger partial charge is 0.220 e.